The highest BCUT2D eigenvalue weighted by Gasteiger charge is 2.16. The van der Waals surface area contributed by atoms with Crippen LogP contribution in [-0.2, 0) is 0 Å². The zero-order valence-electron chi connectivity index (χ0n) is 9.74. The smallest absolute Gasteiger partial charge is 0.170 e. The van der Waals surface area contributed by atoms with E-state index in [1.54, 1.807) is 30.0 Å². The lowest BCUT2D eigenvalue weighted by Gasteiger charge is -2.14. The SMILES string of the molecule is COc1cccc(C(O)CSC(C)C)c1F. The van der Waals surface area contributed by atoms with Crippen LogP contribution >= 0.6 is 11.8 Å². The van der Waals surface area contributed by atoms with Gasteiger partial charge in [0, 0.05) is 11.3 Å². The summed E-state index contributed by atoms with van der Waals surface area (Å²) in [4.78, 5) is 0. The molecule has 4 heteroatoms. The van der Waals surface area contributed by atoms with Crippen LogP contribution in [0.25, 0.3) is 0 Å². The molecular weight excluding hydrogens is 227 g/mol. The van der Waals surface area contributed by atoms with Gasteiger partial charge in [0.2, 0.25) is 0 Å². The fourth-order valence-corrected chi connectivity index (χ4v) is 2.06. The second-order valence-corrected chi connectivity index (χ2v) is 5.37. The maximum Gasteiger partial charge on any atom is 0.170 e. The Morgan fingerprint density at radius 3 is 2.69 bits per heavy atom. The van der Waals surface area contributed by atoms with Gasteiger partial charge in [0.15, 0.2) is 11.6 Å². The highest BCUT2D eigenvalue weighted by Crippen LogP contribution is 2.27. The minimum Gasteiger partial charge on any atom is -0.494 e. The maximum atomic E-state index is 13.8. The molecule has 0 aliphatic heterocycles. The van der Waals surface area contributed by atoms with Crippen LogP contribution in [0.2, 0.25) is 0 Å². The summed E-state index contributed by atoms with van der Waals surface area (Å²) in [6.45, 7) is 4.08. The Hall–Kier alpha value is -0.740. The van der Waals surface area contributed by atoms with E-state index in [9.17, 15) is 9.50 Å². The molecule has 0 bridgehead atoms. The third kappa shape index (κ3) is 3.39. The number of aliphatic hydroxyl groups excluding tert-OH is 1. The lowest BCUT2D eigenvalue weighted by atomic mass is 10.1. The first kappa shape index (κ1) is 13.3. The van der Waals surface area contributed by atoms with Crippen molar-refractivity contribution in [3.63, 3.8) is 0 Å². The van der Waals surface area contributed by atoms with Crippen LogP contribution in [0, 0.1) is 5.82 Å². The van der Waals surface area contributed by atoms with Crippen molar-refractivity contribution in [3.8, 4) is 5.75 Å². The average molecular weight is 244 g/mol. The summed E-state index contributed by atoms with van der Waals surface area (Å²) in [5.74, 6) is 0.190. The van der Waals surface area contributed by atoms with Gasteiger partial charge in [0.25, 0.3) is 0 Å². The first-order chi connectivity index (χ1) is 7.56. The van der Waals surface area contributed by atoms with Crippen LogP contribution in [0.3, 0.4) is 0 Å². The molecule has 0 aliphatic rings. The minimum atomic E-state index is -0.789. The van der Waals surface area contributed by atoms with Gasteiger partial charge < -0.3 is 9.84 Å². The highest BCUT2D eigenvalue weighted by molar-refractivity contribution is 7.99. The van der Waals surface area contributed by atoms with Crippen molar-refractivity contribution in [2.75, 3.05) is 12.9 Å². The predicted molar refractivity (Wildman–Crippen MR) is 65.5 cm³/mol. The zero-order valence-corrected chi connectivity index (χ0v) is 10.6. The Labute approximate surface area is 99.8 Å². The number of aliphatic hydroxyl groups is 1. The summed E-state index contributed by atoms with van der Waals surface area (Å²) in [6.07, 6.45) is -0.789. The van der Waals surface area contributed by atoms with Crippen LogP contribution in [0.1, 0.15) is 25.5 Å². The van der Waals surface area contributed by atoms with Crippen LogP contribution in [0.15, 0.2) is 18.2 Å². The second kappa shape index (κ2) is 6.11. The average Bonchev–Trinajstić information content (AvgIpc) is 2.26. The molecule has 0 saturated carbocycles. The monoisotopic (exact) mass is 244 g/mol. The van der Waals surface area contributed by atoms with Crippen LogP contribution in [-0.4, -0.2) is 23.2 Å². The van der Waals surface area contributed by atoms with E-state index in [4.69, 9.17) is 4.74 Å². The number of hydrogen-bond acceptors (Lipinski definition) is 3. The number of benzene rings is 1. The van der Waals surface area contributed by atoms with E-state index in [1.165, 1.54) is 7.11 Å². The second-order valence-electron chi connectivity index (χ2n) is 3.76. The van der Waals surface area contributed by atoms with Gasteiger partial charge in [-0.15, -0.1) is 0 Å². The van der Waals surface area contributed by atoms with Gasteiger partial charge in [0.1, 0.15) is 0 Å². The molecule has 0 heterocycles. The number of rotatable bonds is 5. The molecule has 0 fully saturated rings. The quantitative estimate of drug-likeness (QED) is 0.863. The first-order valence-corrected chi connectivity index (χ1v) is 6.23. The fraction of sp³-hybridized carbons (Fsp3) is 0.500. The van der Waals surface area contributed by atoms with Crippen molar-refractivity contribution >= 4 is 11.8 Å². The number of hydrogen-bond donors (Lipinski definition) is 1. The van der Waals surface area contributed by atoms with E-state index >= 15 is 0 Å². The topological polar surface area (TPSA) is 29.5 Å². The molecule has 2 nitrogen and oxygen atoms in total. The minimum absolute atomic E-state index is 0.172. The Bertz CT molecular complexity index is 342. The number of thioether (sulfide) groups is 1. The number of halogens is 1. The van der Waals surface area contributed by atoms with Crippen LogP contribution < -0.4 is 4.74 Å². The lowest BCUT2D eigenvalue weighted by molar-refractivity contribution is 0.197. The van der Waals surface area contributed by atoms with Gasteiger partial charge >= 0.3 is 0 Å². The standard InChI is InChI=1S/C12H17FO2S/c1-8(2)16-7-10(14)9-5-4-6-11(15-3)12(9)13/h4-6,8,10,14H,7H2,1-3H3. The molecule has 90 valence electrons. The molecule has 0 amide bonds. The summed E-state index contributed by atoms with van der Waals surface area (Å²) < 4.78 is 18.6. The van der Waals surface area contributed by atoms with E-state index in [-0.39, 0.29) is 5.75 Å². The molecule has 1 N–H and O–H groups in total. The molecular formula is C12H17FO2S. The third-order valence-electron chi connectivity index (χ3n) is 2.16. The normalized spacial score (nSPS) is 12.9. The molecule has 0 spiro atoms. The molecule has 1 atom stereocenters. The molecule has 0 aliphatic carbocycles. The van der Waals surface area contributed by atoms with Gasteiger partial charge in [-0.3, -0.25) is 0 Å². The van der Waals surface area contributed by atoms with Crippen molar-refractivity contribution in [3.05, 3.63) is 29.6 Å². The van der Waals surface area contributed by atoms with Gasteiger partial charge in [-0.1, -0.05) is 26.0 Å². The molecule has 0 saturated heterocycles. The Morgan fingerprint density at radius 2 is 2.12 bits per heavy atom. The molecule has 1 aromatic carbocycles. The Kier molecular flexibility index (Phi) is 5.09. The van der Waals surface area contributed by atoms with E-state index in [1.807, 2.05) is 13.8 Å². The van der Waals surface area contributed by atoms with Crippen molar-refractivity contribution in [1.82, 2.24) is 0 Å². The predicted octanol–water partition coefficient (Wildman–Crippen LogP) is 3.01. The molecule has 1 rings (SSSR count). The molecule has 1 aromatic rings. The van der Waals surface area contributed by atoms with E-state index in [2.05, 4.69) is 0 Å². The fourth-order valence-electron chi connectivity index (χ4n) is 1.32. The summed E-state index contributed by atoms with van der Waals surface area (Å²) in [7, 11) is 1.41. The number of methoxy groups -OCH3 is 1. The Balaban J connectivity index is 2.78. The maximum absolute atomic E-state index is 13.8. The zero-order chi connectivity index (χ0) is 12.1. The number of ether oxygens (including phenoxy) is 1. The summed E-state index contributed by atoms with van der Waals surface area (Å²) in [5.41, 5.74) is 0.299. The summed E-state index contributed by atoms with van der Waals surface area (Å²) in [6, 6.07) is 4.81. The van der Waals surface area contributed by atoms with Crippen LogP contribution in [0.5, 0.6) is 5.75 Å². The van der Waals surface area contributed by atoms with Crippen molar-refractivity contribution in [2.45, 2.75) is 25.2 Å². The molecule has 16 heavy (non-hydrogen) atoms. The van der Waals surface area contributed by atoms with Gasteiger partial charge in [-0.2, -0.15) is 11.8 Å². The van der Waals surface area contributed by atoms with Gasteiger partial charge in [-0.25, -0.2) is 4.39 Å². The largest absolute Gasteiger partial charge is 0.494 e. The lowest BCUT2D eigenvalue weighted by Crippen LogP contribution is -2.06. The van der Waals surface area contributed by atoms with E-state index in [0.29, 0.717) is 16.6 Å². The molecule has 0 aromatic heterocycles. The first-order valence-electron chi connectivity index (χ1n) is 5.18. The summed E-state index contributed by atoms with van der Waals surface area (Å²) >= 11 is 1.60. The van der Waals surface area contributed by atoms with Gasteiger partial charge in [-0.05, 0) is 11.3 Å². The Morgan fingerprint density at radius 1 is 1.44 bits per heavy atom. The van der Waals surface area contributed by atoms with Crippen molar-refractivity contribution in [1.29, 1.82) is 0 Å². The van der Waals surface area contributed by atoms with Gasteiger partial charge in [0.05, 0.1) is 13.2 Å². The molecule has 0 radical (unpaired) electrons. The summed E-state index contributed by atoms with van der Waals surface area (Å²) in [5, 5.41) is 10.3. The van der Waals surface area contributed by atoms with Crippen molar-refractivity contribution < 1.29 is 14.2 Å². The third-order valence-corrected chi connectivity index (χ3v) is 3.33. The van der Waals surface area contributed by atoms with E-state index < -0.39 is 11.9 Å². The highest BCUT2D eigenvalue weighted by atomic mass is 32.2. The molecule has 1 unspecified atom stereocenters. The van der Waals surface area contributed by atoms with Crippen molar-refractivity contribution in [2.24, 2.45) is 0 Å². The van der Waals surface area contributed by atoms with Crippen LogP contribution in [0.4, 0.5) is 4.39 Å². The van der Waals surface area contributed by atoms with E-state index in [0.717, 1.165) is 0 Å².